The van der Waals surface area contributed by atoms with Crippen molar-refractivity contribution in [2.45, 2.75) is 88.4 Å². The minimum absolute atomic E-state index is 0.0230. The van der Waals surface area contributed by atoms with Gasteiger partial charge in [0.1, 0.15) is 11.5 Å². The lowest BCUT2D eigenvalue weighted by atomic mass is 9.84. The number of carbonyl (C=O) groups excluding carboxylic acids is 1. The molecule has 2 heterocycles. The highest BCUT2D eigenvalue weighted by molar-refractivity contribution is 5.74. The predicted molar refractivity (Wildman–Crippen MR) is 154 cm³/mol. The van der Waals surface area contributed by atoms with E-state index in [-0.39, 0.29) is 24.6 Å². The number of urea groups is 1. The van der Waals surface area contributed by atoms with Crippen LogP contribution >= 0.6 is 0 Å². The average molecular weight is 550 g/mol. The topological polar surface area (TPSA) is 100 Å². The van der Waals surface area contributed by atoms with Crippen LogP contribution in [0.5, 0.6) is 11.5 Å². The van der Waals surface area contributed by atoms with Gasteiger partial charge in [-0.3, -0.25) is 9.69 Å². The number of nitrogens with one attached hydrogen (secondary N) is 2. The van der Waals surface area contributed by atoms with Gasteiger partial charge < -0.3 is 25.2 Å². The number of benzene rings is 2. The fraction of sp³-hybridized carbons (Fsp3) is 0.562. The molecule has 2 aromatic rings. The van der Waals surface area contributed by atoms with Gasteiger partial charge in [-0.15, -0.1) is 0 Å². The Kier molecular flexibility index (Phi) is 9.15. The Morgan fingerprint density at radius 1 is 0.875 bits per heavy atom. The quantitative estimate of drug-likeness (QED) is 0.400. The smallest absolute Gasteiger partial charge is 0.315 e. The minimum Gasteiger partial charge on any atom is -0.496 e. The summed E-state index contributed by atoms with van der Waals surface area (Å²) < 4.78 is 11.1. The molecule has 6 rings (SSSR count). The Bertz CT molecular complexity index is 1150. The summed E-state index contributed by atoms with van der Waals surface area (Å²) in [6.45, 7) is 0.963. The van der Waals surface area contributed by atoms with Crippen LogP contribution in [0.3, 0.4) is 0 Å². The third-order valence-corrected chi connectivity index (χ3v) is 9.52. The zero-order valence-electron chi connectivity index (χ0n) is 23.7. The predicted octanol–water partition coefficient (Wildman–Crippen LogP) is 5.40. The summed E-state index contributed by atoms with van der Waals surface area (Å²) in [5.41, 5.74) is 5.53. The lowest BCUT2D eigenvalue weighted by Gasteiger charge is -2.32. The third kappa shape index (κ3) is 5.92. The van der Waals surface area contributed by atoms with Crippen LogP contribution in [0.4, 0.5) is 4.79 Å². The van der Waals surface area contributed by atoms with E-state index in [1.54, 1.807) is 25.3 Å². The summed E-state index contributed by atoms with van der Waals surface area (Å²) in [4.78, 5) is 24.0. The Balaban J connectivity index is 0.00000103. The van der Waals surface area contributed by atoms with Crippen LogP contribution in [0.1, 0.15) is 85.7 Å². The number of amides is 2. The molecule has 4 aliphatic rings. The van der Waals surface area contributed by atoms with Crippen molar-refractivity contribution in [2.24, 2.45) is 5.92 Å². The van der Waals surface area contributed by atoms with Gasteiger partial charge in [-0.1, -0.05) is 24.3 Å². The number of methoxy groups -OCH3 is 2. The fourth-order valence-corrected chi connectivity index (χ4v) is 7.62. The van der Waals surface area contributed by atoms with E-state index in [0.717, 1.165) is 55.1 Å². The van der Waals surface area contributed by atoms with Crippen molar-refractivity contribution in [1.82, 2.24) is 15.5 Å². The van der Waals surface area contributed by atoms with E-state index >= 15 is 0 Å². The molecule has 3 atom stereocenters. The molecule has 0 aromatic heterocycles. The maximum absolute atomic E-state index is 12.9. The SMILES string of the molecule is COc1ccc(OC)c2c1CCC(NC(=O)NC1CCC(CCN3C4CCC3c3ccccc34)CC1)C2.O=CO. The van der Waals surface area contributed by atoms with Gasteiger partial charge in [0.15, 0.2) is 0 Å². The van der Waals surface area contributed by atoms with Crippen LogP contribution < -0.4 is 20.1 Å². The molecule has 0 radical (unpaired) electrons. The first kappa shape index (κ1) is 28.3. The van der Waals surface area contributed by atoms with Crippen molar-refractivity contribution in [3.8, 4) is 11.5 Å². The standard InChI is InChI=1S/C31H41N3O3.CH2O2/c1-36-29-15-16-30(37-2)26-19-22(11-12-25(26)29)33-31(35)32-21-9-7-20(8-10-21)17-18-34-27-13-14-28(34)24-6-4-3-5-23(24)27;2-1-3/h3-6,15-16,20-22,27-28H,7-14,17-19H2,1-2H3,(H2,32,33,35);1H,(H,2,3). The molecule has 2 bridgehead atoms. The maximum Gasteiger partial charge on any atom is 0.315 e. The second-order valence-electron chi connectivity index (χ2n) is 11.6. The molecule has 2 aliphatic heterocycles. The number of nitrogens with zero attached hydrogens (tertiary/aromatic N) is 1. The van der Waals surface area contributed by atoms with Gasteiger partial charge in [0, 0.05) is 35.3 Å². The number of hydrogen-bond acceptors (Lipinski definition) is 5. The molecule has 2 aromatic carbocycles. The van der Waals surface area contributed by atoms with Gasteiger partial charge >= 0.3 is 6.03 Å². The van der Waals surface area contributed by atoms with Crippen LogP contribution in [0.15, 0.2) is 36.4 Å². The summed E-state index contributed by atoms with van der Waals surface area (Å²) >= 11 is 0. The van der Waals surface area contributed by atoms with E-state index in [4.69, 9.17) is 19.4 Å². The van der Waals surface area contributed by atoms with E-state index in [1.807, 2.05) is 12.1 Å². The maximum atomic E-state index is 12.9. The Labute approximate surface area is 237 Å². The van der Waals surface area contributed by atoms with Crippen molar-refractivity contribution >= 4 is 12.5 Å². The van der Waals surface area contributed by atoms with E-state index in [9.17, 15) is 4.79 Å². The van der Waals surface area contributed by atoms with E-state index in [0.29, 0.717) is 12.1 Å². The van der Waals surface area contributed by atoms with Gasteiger partial charge in [-0.05, 0) is 99.9 Å². The van der Waals surface area contributed by atoms with Gasteiger partial charge in [-0.25, -0.2) is 4.79 Å². The van der Waals surface area contributed by atoms with Crippen LogP contribution in [-0.2, 0) is 17.6 Å². The van der Waals surface area contributed by atoms with Crippen LogP contribution in [0, 0.1) is 5.92 Å². The second-order valence-corrected chi connectivity index (χ2v) is 11.6. The molecule has 3 N–H and O–H groups in total. The fourth-order valence-electron chi connectivity index (χ4n) is 7.62. The van der Waals surface area contributed by atoms with Crippen molar-refractivity contribution in [3.05, 3.63) is 58.7 Å². The summed E-state index contributed by atoms with van der Waals surface area (Å²) in [5, 5.41) is 13.4. The Morgan fingerprint density at radius 3 is 2.05 bits per heavy atom. The highest BCUT2D eigenvalue weighted by atomic mass is 16.5. The highest BCUT2D eigenvalue weighted by Crippen LogP contribution is 2.53. The largest absolute Gasteiger partial charge is 0.496 e. The van der Waals surface area contributed by atoms with E-state index in [1.165, 1.54) is 44.2 Å². The van der Waals surface area contributed by atoms with Gasteiger partial charge in [0.05, 0.1) is 14.2 Å². The molecule has 0 spiro atoms. The van der Waals surface area contributed by atoms with Crippen LogP contribution in [0.25, 0.3) is 0 Å². The van der Waals surface area contributed by atoms with Crippen molar-refractivity contribution in [2.75, 3.05) is 20.8 Å². The Hall–Kier alpha value is -3.26. The molecule has 3 unspecified atom stereocenters. The number of carbonyl (C=O) groups is 2. The molecule has 1 saturated heterocycles. The van der Waals surface area contributed by atoms with Crippen molar-refractivity contribution in [3.63, 3.8) is 0 Å². The highest BCUT2D eigenvalue weighted by Gasteiger charge is 2.43. The van der Waals surface area contributed by atoms with E-state index in [2.05, 4.69) is 39.8 Å². The molecule has 8 heteroatoms. The molecule has 2 amide bonds. The second kappa shape index (κ2) is 12.9. The molecule has 2 aliphatic carbocycles. The third-order valence-electron chi connectivity index (χ3n) is 9.52. The zero-order valence-corrected chi connectivity index (χ0v) is 23.7. The lowest BCUT2D eigenvalue weighted by Crippen LogP contribution is -2.48. The van der Waals surface area contributed by atoms with Crippen molar-refractivity contribution in [1.29, 1.82) is 0 Å². The van der Waals surface area contributed by atoms with Gasteiger partial charge in [-0.2, -0.15) is 0 Å². The average Bonchev–Trinajstić information content (AvgIpc) is 3.53. The first-order valence-electron chi connectivity index (χ1n) is 14.8. The number of rotatable bonds is 7. The molecule has 40 heavy (non-hydrogen) atoms. The summed E-state index contributed by atoms with van der Waals surface area (Å²) in [6.07, 6.45) is 11.1. The summed E-state index contributed by atoms with van der Waals surface area (Å²) in [7, 11) is 3.42. The van der Waals surface area contributed by atoms with Gasteiger partial charge in [0.25, 0.3) is 6.47 Å². The molecular weight excluding hydrogens is 506 g/mol. The van der Waals surface area contributed by atoms with E-state index < -0.39 is 0 Å². The summed E-state index contributed by atoms with van der Waals surface area (Å²) in [5.74, 6) is 2.57. The first-order valence-corrected chi connectivity index (χ1v) is 14.8. The number of hydrogen-bond donors (Lipinski definition) is 3. The van der Waals surface area contributed by atoms with Crippen LogP contribution in [-0.4, -0.2) is 55.4 Å². The molecule has 1 saturated carbocycles. The first-order chi connectivity index (χ1) is 19.6. The molecule has 8 nitrogen and oxygen atoms in total. The lowest BCUT2D eigenvalue weighted by molar-refractivity contribution is -0.122. The molecule has 216 valence electrons. The molecular formula is C32H43N3O5. The normalized spacial score (nSPS) is 26.5. The van der Waals surface area contributed by atoms with Gasteiger partial charge in [0.2, 0.25) is 0 Å². The minimum atomic E-state index is -0.250. The Morgan fingerprint density at radius 2 is 1.45 bits per heavy atom. The van der Waals surface area contributed by atoms with Crippen molar-refractivity contribution < 1.29 is 24.2 Å². The number of fused-ring (bicyclic) bond motifs is 6. The van der Waals surface area contributed by atoms with Crippen LogP contribution in [0.2, 0.25) is 0 Å². The molecule has 2 fully saturated rings. The monoisotopic (exact) mass is 549 g/mol. The number of ether oxygens (including phenoxy) is 2. The zero-order chi connectivity index (χ0) is 28.1. The summed E-state index contributed by atoms with van der Waals surface area (Å²) in [6, 6.07) is 14.7. The number of carboxylic acid groups (broad SMARTS) is 1.